The molecule has 32 heavy (non-hydrogen) atoms. The molecule has 2 aromatic heterocycles. The number of hydrogen-bond donors (Lipinski definition) is 1. The summed E-state index contributed by atoms with van der Waals surface area (Å²) >= 11 is 0. The Balaban J connectivity index is 1.68. The van der Waals surface area contributed by atoms with E-state index < -0.39 is 0 Å². The molecule has 0 spiro atoms. The number of hydrazone groups is 1. The van der Waals surface area contributed by atoms with E-state index >= 15 is 0 Å². The molecule has 0 aliphatic rings. The van der Waals surface area contributed by atoms with Gasteiger partial charge in [0.2, 0.25) is 0 Å². The highest BCUT2D eigenvalue weighted by Crippen LogP contribution is 2.34. The third kappa shape index (κ3) is 4.52. The second-order valence-electron chi connectivity index (χ2n) is 6.73. The van der Waals surface area contributed by atoms with Gasteiger partial charge in [0, 0.05) is 17.2 Å². The Kier molecular flexibility index (Phi) is 6.27. The Morgan fingerprint density at radius 2 is 1.94 bits per heavy atom. The summed E-state index contributed by atoms with van der Waals surface area (Å²) in [6.45, 7) is 0. The molecular weight excluding hydrogens is 406 g/mol. The second kappa shape index (κ2) is 9.61. The lowest BCUT2D eigenvalue weighted by atomic mass is 10.0. The second-order valence-corrected chi connectivity index (χ2v) is 6.73. The molecule has 2 heterocycles. The normalized spacial score (nSPS) is 11.3. The minimum absolute atomic E-state index is 0.352. The van der Waals surface area contributed by atoms with Gasteiger partial charge in [-0.1, -0.05) is 18.2 Å². The van der Waals surface area contributed by atoms with Crippen LogP contribution in [0.15, 0.2) is 82.5 Å². The number of benzene rings is 2. The molecule has 7 nitrogen and oxygen atoms in total. The fourth-order valence-electron chi connectivity index (χ4n) is 3.24. The van der Waals surface area contributed by atoms with Gasteiger partial charge in [-0.2, -0.15) is 5.10 Å². The van der Waals surface area contributed by atoms with Gasteiger partial charge in [0.25, 0.3) is 5.91 Å². The maximum atomic E-state index is 13.0. The predicted molar refractivity (Wildman–Crippen MR) is 124 cm³/mol. The zero-order chi connectivity index (χ0) is 22.3. The number of ether oxygens (including phenoxy) is 2. The number of allylic oxidation sites excluding steroid dienone is 1. The first kappa shape index (κ1) is 20.9. The Hall–Kier alpha value is -4.39. The molecule has 0 aliphatic heterocycles. The Bertz CT molecular complexity index is 1290. The van der Waals surface area contributed by atoms with E-state index in [1.165, 1.54) is 6.21 Å². The van der Waals surface area contributed by atoms with E-state index in [1.807, 2.05) is 42.5 Å². The van der Waals surface area contributed by atoms with E-state index in [0.29, 0.717) is 34.0 Å². The van der Waals surface area contributed by atoms with Gasteiger partial charge in [0.1, 0.15) is 17.3 Å². The minimum atomic E-state index is -0.352. The summed E-state index contributed by atoms with van der Waals surface area (Å²) in [5, 5.41) is 4.72. The number of carbonyl (C=O) groups is 1. The van der Waals surface area contributed by atoms with Crippen molar-refractivity contribution in [2.24, 2.45) is 5.10 Å². The molecule has 0 saturated heterocycles. The van der Waals surface area contributed by atoms with E-state index in [-0.39, 0.29) is 5.91 Å². The fourth-order valence-corrected chi connectivity index (χ4v) is 3.24. The quantitative estimate of drug-likeness (QED) is 0.333. The van der Waals surface area contributed by atoms with Gasteiger partial charge < -0.3 is 13.9 Å². The highest BCUT2D eigenvalue weighted by Gasteiger charge is 2.16. The summed E-state index contributed by atoms with van der Waals surface area (Å²) in [6, 6.07) is 18.2. The lowest BCUT2D eigenvalue weighted by Crippen LogP contribution is -2.18. The van der Waals surface area contributed by atoms with Gasteiger partial charge >= 0.3 is 0 Å². The Labute approximate surface area is 185 Å². The van der Waals surface area contributed by atoms with Crippen LogP contribution in [0.1, 0.15) is 16.1 Å². The topological polar surface area (TPSA) is 86.0 Å². The van der Waals surface area contributed by atoms with Crippen LogP contribution < -0.4 is 14.9 Å². The van der Waals surface area contributed by atoms with Crippen molar-refractivity contribution >= 4 is 29.1 Å². The molecular formula is C25H21N3O4. The number of furan rings is 1. The maximum absolute atomic E-state index is 13.0. The molecule has 1 N–H and O–H groups in total. The number of aromatic nitrogens is 1. The van der Waals surface area contributed by atoms with E-state index in [1.54, 1.807) is 50.8 Å². The summed E-state index contributed by atoms with van der Waals surface area (Å²) in [6.07, 6.45) is 6.48. The van der Waals surface area contributed by atoms with Crippen molar-refractivity contribution in [1.29, 1.82) is 0 Å². The number of carbonyl (C=O) groups excluding carboxylic acids is 1. The van der Waals surface area contributed by atoms with Gasteiger partial charge in [0.05, 0.1) is 37.3 Å². The third-order valence-corrected chi connectivity index (χ3v) is 4.77. The SMILES string of the molecule is COc1ccc(OC)c(-c2cc(C(=O)N/N=C\C=C\c3ccco3)c3ccccc3n2)c1. The van der Waals surface area contributed by atoms with Crippen molar-refractivity contribution in [1.82, 2.24) is 10.4 Å². The van der Waals surface area contributed by atoms with E-state index in [4.69, 9.17) is 18.9 Å². The summed E-state index contributed by atoms with van der Waals surface area (Å²) in [4.78, 5) is 17.7. The lowest BCUT2D eigenvalue weighted by Gasteiger charge is -2.13. The number of fused-ring (bicyclic) bond motifs is 1. The average molecular weight is 427 g/mol. The molecule has 0 atom stereocenters. The molecule has 0 aliphatic carbocycles. The predicted octanol–water partition coefficient (Wildman–Crippen LogP) is 4.94. The zero-order valence-corrected chi connectivity index (χ0v) is 17.6. The first-order valence-electron chi connectivity index (χ1n) is 9.85. The van der Waals surface area contributed by atoms with Gasteiger partial charge in [-0.3, -0.25) is 4.79 Å². The van der Waals surface area contributed by atoms with Crippen molar-refractivity contribution in [2.75, 3.05) is 14.2 Å². The summed E-state index contributed by atoms with van der Waals surface area (Å²) in [5.74, 6) is 1.63. The van der Waals surface area contributed by atoms with Crippen molar-refractivity contribution in [3.8, 4) is 22.8 Å². The molecule has 7 heteroatoms. The number of nitrogens with zero attached hydrogens (tertiary/aromatic N) is 2. The van der Waals surface area contributed by atoms with Gasteiger partial charge in [-0.15, -0.1) is 0 Å². The van der Waals surface area contributed by atoms with Crippen molar-refractivity contribution in [3.05, 3.63) is 84.3 Å². The van der Waals surface area contributed by atoms with Crippen LogP contribution in [-0.2, 0) is 0 Å². The molecule has 160 valence electrons. The summed E-state index contributed by atoms with van der Waals surface area (Å²) < 4.78 is 16.1. The maximum Gasteiger partial charge on any atom is 0.272 e. The van der Waals surface area contributed by atoms with Crippen molar-refractivity contribution in [2.45, 2.75) is 0 Å². The molecule has 1 amide bonds. The van der Waals surface area contributed by atoms with Crippen LogP contribution >= 0.6 is 0 Å². The Morgan fingerprint density at radius 1 is 1.06 bits per heavy atom. The van der Waals surface area contributed by atoms with Crippen molar-refractivity contribution in [3.63, 3.8) is 0 Å². The van der Waals surface area contributed by atoms with Crippen LogP contribution in [0.5, 0.6) is 11.5 Å². The van der Waals surface area contributed by atoms with E-state index in [9.17, 15) is 4.79 Å². The molecule has 0 fully saturated rings. The smallest absolute Gasteiger partial charge is 0.272 e. The van der Waals surface area contributed by atoms with Gasteiger partial charge in [-0.25, -0.2) is 10.4 Å². The zero-order valence-electron chi connectivity index (χ0n) is 17.6. The molecule has 4 aromatic rings. The lowest BCUT2D eigenvalue weighted by molar-refractivity contribution is 0.0956. The number of methoxy groups -OCH3 is 2. The van der Waals surface area contributed by atoms with Gasteiger partial charge in [0.15, 0.2) is 0 Å². The summed E-state index contributed by atoms with van der Waals surface area (Å²) in [5.41, 5.74) is 5.00. The highest BCUT2D eigenvalue weighted by atomic mass is 16.5. The molecule has 0 radical (unpaired) electrons. The van der Waals surface area contributed by atoms with Crippen LogP contribution in [-0.4, -0.2) is 31.3 Å². The average Bonchev–Trinajstić information content (AvgIpc) is 3.36. The number of amides is 1. The van der Waals surface area contributed by atoms with E-state index in [2.05, 4.69) is 10.5 Å². The monoisotopic (exact) mass is 427 g/mol. The molecule has 0 bridgehead atoms. The third-order valence-electron chi connectivity index (χ3n) is 4.77. The van der Waals surface area contributed by atoms with Crippen LogP contribution in [0.25, 0.3) is 28.2 Å². The molecule has 4 rings (SSSR count). The molecule has 2 aromatic carbocycles. The Morgan fingerprint density at radius 3 is 2.72 bits per heavy atom. The number of nitrogens with one attached hydrogen (secondary N) is 1. The van der Waals surface area contributed by atoms with Crippen molar-refractivity contribution < 1.29 is 18.7 Å². The van der Waals surface area contributed by atoms with Crippen LogP contribution in [0, 0.1) is 0 Å². The fraction of sp³-hybridized carbons (Fsp3) is 0.0800. The highest BCUT2D eigenvalue weighted by molar-refractivity contribution is 6.07. The number of para-hydroxylation sites is 1. The first-order chi connectivity index (χ1) is 15.7. The first-order valence-corrected chi connectivity index (χ1v) is 9.85. The summed E-state index contributed by atoms with van der Waals surface area (Å²) in [7, 11) is 3.18. The van der Waals surface area contributed by atoms with Crippen LogP contribution in [0.3, 0.4) is 0 Å². The minimum Gasteiger partial charge on any atom is -0.497 e. The largest absolute Gasteiger partial charge is 0.497 e. The number of hydrogen-bond acceptors (Lipinski definition) is 6. The standard InChI is InChI=1S/C25H21N3O4/c1-30-18-11-12-24(31-2)21(15-18)23-16-20(19-9-3-4-10-22(19)27-23)25(29)28-26-13-5-7-17-8-6-14-32-17/h3-16H,1-2H3,(H,28,29)/b7-5+,26-13-. The van der Waals surface area contributed by atoms with Gasteiger partial charge in [-0.05, 0) is 54.6 Å². The van der Waals surface area contributed by atoms with Crippen LogP contribution in [0.2, 0.25) is 0 Å². The number of rotatable bonds is 7. The molecule has 0 saturated carbocycles. The van der Waals surface area contributed by atoms with Crippen LogP contribution in [0.4, 0.5) is 0 Å². The van der Waals surface area contributed by atoms with E-state index in [0.717, 1.165) is 10.9 Å². The number of pyridine rings is 1. The molecule has 0 unspecified atom stereocenters.